The summed E-state index contributed by atoms with van der Waals surface area (Å²) in [5.74, 6) is 1.35. The second-order valence-electron chi connectivity index (χ2n) is 5.44. The van der Waals surface area contributed by atoms with Crippen LogP contribution in [0.5, 0.6) is 0 Å². The maximum absolute atomic E-state index is 11.4. The van der Waals surface area contributed by atoms with Gasteiger partial charge < -0.3 is 14.6 Å². The van der Waals surface area contributed by atoms with E-state index in [2.05, 4.69) is 15.5 Å². The largest absolute Gasteiger partial charge is 0.465 e. The molecule has 3 rings (SSSR count). The summed E-state index contributed by atoms with van der Waals surface area (Å²) in [7, 11) is 0. The topological polar surface area (TPSA) is 77.3 Å². The van der Waals surface area contributed by atoms with E-state index >= 15 is 0 Å². The van der Waals surface area contributed by atoms with Crippen molar-refractivity contribution in [2.75, 3.05) is 13.2 Å². The van der Waals surface area contributed by atoms with E-state index in [-0.39, 0.29) is 17.4 Å². The lowest BCUT2D eigenvalue weighted by Crippen LogP contribution is -2.49. The number of carbonyl (C=O) groups is 1. The first-order valence-corrected chi connectivity index (χ1v) is 6.92. The maximum atomic E-state index is 11.4. The number of aryl methyl sites for hydroxylation is 1. The average Bonchev–Trinajstić information content (AvgIpc) is 2.92. The van der Waals surface area contributed by atoms with E-state index in [1.807, 2.05) is 0 Å². The molecule has 0 bridgehead atoms. The Labute approximate surface area is 111 Å². The van der Waals surface area contributed by atoms with Gasteiger partial charge in [-0.15, -0.1) is 0 Å². The quantitative estimate of drug-likeness (QED) is 0.809. The molecule has 0 aromatic carbocycles. The fourth-order valence-electron chi connectivity index (χ4n) is 2.79. The van der Waals surface area contributed by atoms with Crippen LogP contribution in [0.25, 0.3) is 0 Å². The first kappa shape index (κ1) is 12.6. The van der Waals surface area contributed by atoms with Crippen LogP contribution in [-0.2, 0) is 15.1 Å². The molecule has 1 aliphatic heterocycles. The van der Waals surface area contributed by atoms with Gasteiger partial charge in [0.2, 0.25) is 5.89 Å². The summed E-state index contributed by atoms with van der Waals surface area (Å²) in [6, 6.07) is 0. The van der Waals surface area contributed by atoms with Crippen molar-refractivity contribution in [3.05, 3.63) is 11.7 Å². The Morgan fingerprint density at radius 1 is 1.47 bits per heavy atom. The van der Waals surface area contributed by atoms with Crippen molar-refractivity contribution in [1.29, 1.82) is 0 Å². The number of hydrogen-bond acceptors (Lipinski definition) is 6. The number of esters is 1. The molecular formula is C13H19N3O3. The molecule has 2 aliphatic rings. The van der Waals surface area contributed by atoms with E-state index in [1.165, 1.54) is 6.42 Å². The normalized spacial score (nSPS) is 25.1. The van der Waals surface area contributed by atoms with Gasteiger partial charge in [0.25, 0.3) is 0 Å². The molecule has 0 spiro atoms. The number of cyclic esters (lactones) is 1. The third kappa shape index (κ3) is 2.36. The van der Waals surface area contributed by atoms with Crippen molar-refractivity contribution >= 4 is 5.97 Å². The molecule has 0 amide bonds. The molecule has 6 nitrogen and oxygen atoms in total. The first-order chi connectivity index (χ1) is 9.20. The highest BCUT2D eigenvalue weighted by Crippen LogP contribution is 2.39. The van der Waals surface area contributed by atoms with Gasteiger partial charge in [-0.1, -0.05) is 5.16 Å². The smallest absolute Gasteiger partial charge is 0.309 e. The Kier molecular flexibility index (Phi) is 3.26. The third-order valence-corrected chi connectivity index (χ3v) is 4.16. The number of ether oxygens (including phenoxy) is 1. The number of carbonyl (C=O) groups excluding carboxylic acids is 1. The molecule has 2 fully saturated rings. The van der Waals surface area contributed by atoms with Gasteiger partial charge in [0.15, 0.2) is 5.82 Å². The van der Waals surface area contributed by atoms with Gasteiger partial charge in [0.05, 0.1) is 18.1 Å². The van der Waals surface area contributed by atoms with Crippen molar-refractivity contribution in [2.24, 2.45) is 5.92 Å². The lowest BCUT2D eigenvalue weighted by molar-refractivity contribution is -0.141. The molecule has 1 aromatic heterocycles. The van der Waals surface area contributed by atoms with Crippen LogP contribution in [-0.4, -0.2) is 29.3 Å². The molecule has 0 radical (unpaired) electrons. The standard InChI is InChI=1S/C13H19N3O3/c1-9-15-12(16-19-9)13(5-2-6-13)14-7-3-10-4-8-18-11(10)17/h10,14H,2-8H2,1H3. The molecule has 1 saturated heterocycles. The SMILES string of the molecule is Cc1nc(C2(NCCC3CCOC3=O)CCC2)no1. The van der Waals surface area contributed by atoms with Gasteiger partial charge in [-0.3, -0.25) is 4.79 Å². The summed E-state index contributed by atoms with van der Waals surface area (Å²) in [6.45, 7) is 3.16. The Balaban J connectivity index is 1.57. The summed E-state index contributed by atoms with van der Waals surface area (Å²) in [4.78, 5) is 15.7. The van der Waals surface area contributed by atoms with Crippen molar-refractivity contribution in [3.8, 4) is 0 Å². The first-order valence-electron chi connectivity index (χ1n) is 6.92. The van der Waals surface area contributed by atoms with Crippen molar-refractivity contribution in [3.63, 3.8) is 0 Å². The number of rotatable bonds is 5. The van der Waals surface area contributed by atoms with Crippen molar-refractivity contribution in [1.82, 2.24) is 15.5 Å². The van der Waals surface area contributed by atoms with E-state index in [9.17, 15) is 4.79 Å². The minimum atomic E-state index is -0.139. The summed E-state index contributed by atoms with van der Waals surface area (Å²) >= 11 is 0. The van der Waals surface area contributed by atoms with E-state index in [0.29, 0.717) is 12.5 Å². The van der Waals surface area contributed by atoms with Crippen molar-refractivity contribution < 1.29 is 14.1 Å². The highest BCUT2D eigenvalue weighted by atomic mass is 16.5. The summed E-state index contributed by atoms with van der Waals surface area (Å²) in [6.07, 6.45) is 4.89. The lowest BCUT2D eigenvalue weighted by atomic mass is 9.76. The fourth-order valence-corrected chi connectivity index (χ4v) is 2.79. The molecule has 104 valence electrons. The lowest BCUT2D eigenvalue weighted by Gasteiger charge is -2.40. The molecule has 6 heteroatoms. The number of nitrogens with zero attached hydrogens (tertiary/aromatic N) is 2. The van der Waals surface area contributed by atoms with Gasteiger partial charge >= 0.3 is 5.97 Å². The van der Waals surface area contributed by atoms with Crippen LogP contribution in [0, 0.1) is 12.8 Å². The second kappa shape index (κ2) is 4.92. The molecule has 1 aliphatic carbocycles. The van der Waals surface area contributed by atoms with Crippen LogP contribution in [0.3, 0.4) is 0 Å². The zero-order valence-electron chi connectivity index (χ0n) is 11.1. The molecular weight excluding hydrogens is 246 g/mol. The molecule has 2 heterocycles. The average molecular weight is 265 g/mol. The van der Waals surface area contributed by atoms with E-state index in [4.69, 9.17) is 9.26 Å². The van der Waals surface area contributed by atoms with Gasteiger partial charge in [-0.2, -0.15) is 4.98 Å². The zero-order valence-corrected chi connectivity index (χ0v) is 11.1. The minimum absolute atomic E-state index is 0.0524. The number of nitrogens with one attached hydrogen (secondary N) is 1. The molecule has 1 unspecified atom stereocenters. The summed E-state index contributed by atoms with van der Waals surface area (Å²) in [5, 5.41) is 7.55. The predicted molar refractivity (Wildman–Crippen MR) is 66.2 cm³/mol. The Bertz CT molecular complexity index is 467. The fraction of sp³-hybridized carbons (Fsp3) is 0.769. The summed E-state index contributed by atoms with van der Waals surface area (Å²) in [5.41, 5.74) is -0.139. The van der Waals surface area contributed by atoms with Gasteiger partial charge in [-0.05, 0) is 38.6 Å². The minimum Gasteiger partial charge on any atom is -0.465 e. The van der Waals surface area contributed by atoms with Gasteiger partial charge in [0.1, 0.15) is 0 Å². The number of aromatic nitrogens is 2. The second-order valence-corrected chi connectivity index (χ2v) is 5.44. The molecule has 1 N–H and O–H groups in total. The zero-order chi connectivity index (χ0) is 13.3. The number of hydrogen-bond donors (Lipinski definition) is 1. The highest BCUT2D eigenvalue weighted by Gasteiger charge is 2.42. The molecule has 1 aromatic rings. The molecule has 1 saturated carbocycles. The van der Waals surface area contributed by atoms with Crippen LogP contribution in [0.15, 0.2) is 4.52 Å². The van der Waals surface area contributed by atoms with Gasteiger partial charge in [-0.25, -0.2) is 0 Å². The van der Waals surface area contributed by atoms with Crippen molar-refractivity contribution in [2.45, 2.75) is 44.6 Å². The molecule has 19 heavy (non-hydrogen) atoms. The Hall–Kier alpha value is -1.43. The maximum Gasteiger partial charge on any atom is 0.309 e. The Morgan fingerprint density at radius 2 is 2.32 bits per heavy atom. The van der Waals surface area contributed by atoms with Crippen LogP contribution >= 0.6 is 0 Å². The highest BCUT2D eigenvalue weighted by molar-refractivity contribution is 5.74. The third-order valence-electron chi connectivity index (χ3n) is 4.16. The van der Waals surface area contributed by atoms with E-state index in [1.54, 1.807) is 6.92 Å². The molecule has 1 atom stereocenters. The van der Waals surface area contributed by atoms with Crippen LogP contribution < -0.4 is 5.32 Å². The van der Waals surface area contributed by atoms with E-state index < -0.39 is 0 Å². The monoisotopic (exact) mass is 265 g/mol. The van der Waals surface area contributed by atoms with Gasteiger partial charge in [0, 0.05) is 6.92 Å². The van der Waals surface area contributed by atoms with Crippen LogP contribution in [0.1, 0.15) is 43.8 Å². The predicted octanol–water partition coefficient (Wildman–Crippen LogP) is 1.30. The Morgan fingerprint density at radius 3 is 2.84 bits per heavy atom. The van der Waals surface area contributed by atoms with Crippen LogP contribution in [0.2, 0.25) is 0 Å². The summed E-state index contributed by atoms with van der Waals surface area (Å²) < 4.78 is 10.0. The van der Waals surface area contributed by atoms with Crippen LogP contribution in [0.4, 0.5) is 0 Å². The van der Waals surface area contributed by atoms with E-state index in [0.717, 1.165) is 38.1 Å².